The van der Waals surface area contributed by atoms with Gasteiger partial charge in [-0.1, -0.05) is 352 Å². The molecule has 1 aliphatic rings. The van der Waals surface area contributed by atoms with Gasteiger partial charge in [-0.25, -0.2) is 4.70 Å². The molecule has 0 spiro atoms. The summed E-state index contributed by atoms with van der Waals surface area (Å²) in [4.78, 5) is 0. The number of hydrogen-bond acceptors (Lipinski definition) is 0. The van der Waals surface area contributed by atoms with Gasteiger partial charge in [-0.15, -0.1) is 0 Å². The molecular formula is C79H128N2. The molecule has 2 nitrogen and oxygen atoms in total. The van der Waals surface area contributed by atoms with E-state index in [0.29, 0.717) is 0 Å². The molecular weight excluding hydrogens is 977 g/mol. The summed E-state index contributed by atoms with van der Waals surface area (Å²) in [5.41, 5.74) is 21.8. The van der Waals surface area contributed by atoms with Crippen LogP contribution in [0.2, 0.25) is 0 Å². The van der Waals surface area contributed by atoms with Crippen molar-refractivity contribution in [3.63, 3.8) is 0 Å². The third-order valence-corrected chi connectivity index (χ3v) is 17.3. The zero-order valence-corrected chi connectivity index (χ0v) is 54.4. The normalized spacial score (nSPS) is 12.4. The van der Waals surface area contributed by atoms with Gasteiger partial charge in [0.25, 0.3) is 0 Å². The van der Waals surface area contributed by atoms with Crippen molar-refractivity contribution < 1.29 is 4.70 Å². The Bertz CT molecular complexity index is 1980. The number of hydrogen-bond donors (Lipinski definition) is 0. The van der Waals surface area contributed by atoms with Gasteiger partial charge >= 0.3 is 0 Å². The van der Waals surface area contributed by atoms with Gasteiger partial charge in [-0.3, -0.25) is 0 Å². The number of aryl methyl sites for hydroxylation is 2. The first-order valence-corrected chi connectivity index (χ1v) is 35.9. The molecule has 0 saturated heterocycles. The quantitative estimate of drug-likeness (QED) is 0.0358. The first-order chi connectivity index (χ1) is 40.0. The third kappa shape index (κ3) is 36.6. The monoisotopic (exact) mass is 1110 g/mol. The van der Waals surface area contributed by atoms with E-state index in [2.05, 4.69) is 113 Å². The van der Waals surface area contributed by atoms with Crippen molar-refractivity contribution in [2.24, 2.45) is 0 Å². The van der Waals surface area contributed by atoms with Crippen molar-refractivity contribution in [1.29, 1.82) is 0 Å². The first kappa shape index (κ1) is 71.6. The van der Waals surface area contributed by atoms with Crippen LogP contribution in [0.5, 0.6) is 0 Å². The zero-order chi connectivity index (χ0) is 57.7. The molecule has 1 heterocycles. The van der Waals surface area contributed by atoms with Gasteiger partial charge in [0, 0.05) is 41.2 Å². The van der Waals surface area contributed by atoms with Crippen molar-refractivity contribution in [1.82, 2.24) is 0 Å². The molecule has 81 heavy (non-hydrogen) atoms. The average Bonchev–Trinajstić information content (AvgIpc) is 3.82. The third-order valence-electron chi connectivity index (χ3n) is 17.3. The smallest absolute Gasteiger partial charge is 0.214 e. The van der Waals surface area contributed by atoms with Gasteiger partial charge in [0.15, 0.2) is 0 Å². The fourth-order valence-corrected chi connectivity index (χ4v) is 12.2. The van der Waals surface area contributed by atoms with E-state index in [0.717, 1.165) is 77.7 Å². The van der Waals surface area contributed by atoms with Gasteiger partial charge in [-0.2, -0.15) is 0 Å². The van der Waals surface area contributed by atoms with E-state index < -0.39 is 0 Å². The Hall–Kier alpha value is -3.62. The van der Waals surface area contributed by atoms with Crippen LogP contribution in [0.25, 0.3) is 16.9 Å². The van der Waals surface area contributed by atoms with Crippen molar-refractivity contribution in [2.45, 2.75) is 369 Å². The van der Waals surface area contributed by atoms with Gasteiger partial charge in [0.05, 0.1) is 5.57 Å². The Morgan fingerprint density at radius 1 is 0.346 bits per heavy atom. The highest BCUT2D eigenvalue weighted by Crippen LogP contribution is 2.38. The second kappa shape index (κ2) is 52.0. The highest BCUT2D eigenvalue weighted by atomic mass is 15.2. The summed E-state index contributed by atoms with van der Waals surface area (Å²) >= 11 is 0. The number of rotatable bonds is 53. The average molecular weight is 1110 g/mol. The molecule has 0 aromatic heterocycles. The van der Waals surface area contributed by atoms with E-state index in [9.17, 15) is 5.53 Å². The molecule has 1 aliphatic heterocycles. The summed E-state index contributed by atoms with van der Waals surface area (Å²) in [7, 11) is 0. The molecule has 2 heteroatoms. The second-order valence-corrected chi connectivity index (χ2v) is 25.1. The summed E-state index contributed by atoms with van der Waals surface area (Å²) in [6, 6.07) is 13.6. The second-order valence-electron chi connectivity index (χ2n) is 25.1. The summed E-state index contributed by atoms with van der Waals surface area (Å²) in [6.07, 6.45) is 76.7. The molecule has 2 aromatic rings. The van der Waals surface area contributed by atoms with Crippen LogP contribution in [-0.2, 0) is 12.8 Å². The van der Waals surface area contributed by atoms with Crippen LogP contribution in [0, 0.1) is 23.7 Å². The summed E-state index contributed by atoms with van der Waals surface area (Å²) < 4.78 is 1.46. The molecule has 454 valence electrons. The van der Waals surface area contributed by atoms with Gasteiger partial charge in [-0.05, 0) is 86.9 Å². The number of allylic oxidation sites excluding steroid dienone is 4. The first-order valence-electron chi connectivity index (χ1n) is 35.9. The lowest BCUT2D eigenvalue weighted by molar-refractivity contribution is -0.344. The lowest BCUT2D eigenvalue weighted by Crippen LogP contribution is -2.04. The van der Waals surface area contributed by atoms with E-state index in [1.54, 1.807) is 0 Å². The molecule has 0 bridgehead atoms. The van der Waals surface area contributed by atoms with Gasteiger partial charge in [0.2, 0.25) is 11.4 Å². The molecule has 0 N–H and O–H groups in total. The molecule has 0 radical (unpaired) electrons. The summed E-state index contributed by atoms with van der Waals surface area (Å²) in [5.74, 6) is 14.2. The van der Waals surface area contributed by atoms with E-state index >= 15 is 0 Å². The Labute approximate surface area is 504 Å². The SMILES string of the molecule is CC=CC1=C(c2cc(CCCCC)cc(CCCCC)c2)[N+](=[N-])C(c2cc(C#CCCCCCCCCCCCCCCCCCCCCCCC)cc(C#CCCCCCCCCCCCCCCCCCCCCCCC)c2)=C1. The van der Waals surface area contributed by atoms with Crippen molar-refractivity contribution in [3.05, 3.63) is 99.1 Å². The van der Waals surface area contributed by atoms with Crippen LogP contribution in [0.4, 0.5) is 0 Å². The Kier molecular flexibility index (Phi) is 46.0. The number of benzene rings is 2. The van der Waals surface area contributed by atoms with Crippen LogP contribution in [0.15, 0.2) is 60.2 Å². The predicted octanol–water partition coefficient (Wildman–Crippen LogP) is 26.4. The minimum absolute atomic E-state index is 0.794. The van der Waals surface area contributed by atoms with E-state index in [4.69, 9.17) is 0 Å². The number of nitrogens with zero attached hydrogens (tertiary/aromatic N) is 2. The zero-order valence-electron chi connectivity index (χ0n) is 54.4. The molecule has 0 aliphatic carbocycles. The summed E-state index contributed by atoms with van der Waals surface area (Å²) in [6.45, 7) is 11.2. The van der Waals surface area contributed by atoms with E-state index in [1.165, 1.54) is 311 Å². The number of unbranched alkanes of at least 4 members (excludes halogenated alkanes) is 46. The van der Waals surface area contributed by atoms with Crippen LogP contribution in [0.3, 0.4) is 0 Å². The fraction of sp³-hybridized carbons (Fsp3) is 0.722. The van der Waals surface area contributed by atoms with E-state index in [1.807, 2.05) is 0 Å². The lowest BCUT2D eigenvalue weighted by atomic mass is 9.95. The minimum Gasteiger partial charge on any atom is -0.493 e. The predicted molar refractivity (Wildman–Crippen MR) is 361 cm³/mol. The van der Waals surface area contributed by atoms with Crippen molar-refractivity contribution in [2.75, 3.05) is 0 Å². The lowest BCUT2D eigenvalue weighted by Gasteiger charge is -2.13. The highest BCUT2D eigenvalue weighted by Gasteiger charge is 2.29. The largest absolute Gasteiger partial charge is 0.493 e. The Morgan fingerprint density at radius 3 is 0.951 bits per heavy atom. The maximum absolute atomic E-state index is 12.3. The van der Waals surface area contributed by atoms with Crippen LogP contribution in [0.1, 0.15) is 389 Å². The molecule has 0 unspecified atom stereocenters. The van der Waals surface area contributed by atoms with Gasteiger partial charge < -0.3 is 5.53 Å². The van der Waals surface area contributed by atoms with Crippen molar-refractivity contribution >= 4 is 11.4 Å². The molecule has 0 saturated carbocycles. The highest BCUT2D eigenvalue weighted by molar-refractivity contribution is 5.81. The molecule has 0 amide bonds. The van der Waals surface area contributed by atoms with Gasteiger partial charge in [0.1, 0.15) is 0 Å². The molecule has 2 aromatic carbocycles. The Morgan fingerprint density at radius 2 is 0.642 bits per heavy atom. The van der Waals surface area contributed by atoms with Crippen LogP contribution >= 0.6 is 0 Å². The molecule has 0 atom stereocenters. The molecule has 0 fully saturated rings. The molecule has 3 rings (SSSR count). The topological polar surface area (TPSA) is 25.3 Å². The van der Waals surface area contributed by atoms with E-state index in [-0.39, 0.29) is 0 Å². The fourth-order valence-electron chi connectivity index (χ4n) is 12.2. The van der Waals surface area contributed by atoms with Crippen LogP contribution in [-0.4, -0.2) is 4.70 Å². The van der Waals surface area contributed by atoms with Crippen LogP contribution < -0.4 is 0 Å². The summed E-state index contributed by atoms with van der Waals surface area (Å²) in [5, 5.41) is 0. The Balaban J connectivity index is 1.49. The standard InChI is InChI=1S/C79H128N2/c1-6-11-15-17-19-21-23-25-27-29-31-33-35-37-39-41-43-45-47-49-51-53-57-62-71-64-72(63-58-54-52-50-48-46-44-42-40-38-36-34-32-30-28-26-24-22-20-18-16-12-7-2)67-76(66-71)78-70-75(59-10-5)79(81(78)80)77-68-73(60-55-13-8-3)65-74(69-77)61-56-14-9-4/h10,59,64-70H,6-9,11-56,60-61H2,1-5H3. The van der Waals surface area contributed by atoms with Crippen molar-refractivity contribution in [3.8, 4) is 23.7 Å². The maximum atomic E-state index is 12.3. The minimum atomic E-state index is 0.794. The maximum Gasteiger partial charge on any atom is 0.214 e.